The van der Waals surface area contributed by atoms with Crippen LogP contribution in [0.5, 0.6) is 0 Å². The van der Waals surface area contributed by atoms with Crippen molar-refractivity contribution < 1.29 is 0 Å². The van der Waals surface area contributed by atoms with Crippen LogP contribution in [0.1, 0.15) is 5.56 Å². The van der Waals surface area contributed by atoms with Gasteiger partial charge < -0.3 is 0 Å². The Balaban J connectivity index is 1.23. The van der Waals surface area contributed by atoms with E-state index in [1.165, 1.54) is 82.7 Å². The van der Waals surface area contributed by atoms with E-state index in [2.05, 4.69) is 183 Å². The van der Waals surface area contributed by atoms with Gasteiger partial charge in [0.25, 0.3) is 0 Å². The fraction of sp³-hybridized carbons (Fsp3) is 0.0222. The van der Waals surface area contributed by atoms with Crippen LogP contribution >= 0.6 is 0 Å². The van der Waals surface area contributed by atoms with E-state index in [1.54, 1.807) is 0 Å². The average molecular weight is 573 g/mol. The Hall–Kier alpha value is -5.72. The van der Waals surface area contributed by atoms with Gasteiger partial charge in [0.1, 0.15) is 0 Å². The summed E-state index contributed by atoms with van der Waals surface area (Å²) in [5.41, 5.74) is 13.7. The maximum absolute atomic E-state index is 2.36. The third-order valence-electron chi connectivity index (χ3n) is 8.91. The lowest BCUT2D eigenvalue weighted by molar-refractivity contribution is 1.47. The lowest BCUT2D eigenvalue weighted by Gasteiger charge is -2.18. The molecule has 0 aliphatic rings. The highest BCUT2D eigenvalue weighted by Crippen LogP contribution is 2.44. The molecule has 8 rings (SSSR count). The summed E-state index contributed by atoms with van der Waals surface area (Å²) in [6, 6.07) is 64.1. The van der Waals surface area contributed by atoms with E-state index in [-0.39, 0.29) is 0 Å². The standard InChI is InChI=1S/C45H32/c1-31-12-9-15-35(28-31)32-24-26-33(27-25-32)36-16-10-17-37(29-36)38-18-11-19-39(30-38)45-42-22-7-5-20-40(42)44(34-13-3-2-4-14-34)41-21-6-8-23-43(41)45/h2-30H,1H3. The third-order valence-corrected chi connectivity index (χ3v) is 8.91. The van der Waals surface area contributed by atoms with Crippen molar-refractivity contribution in [1.29, 1.82) is 0 Å². The molecule has 0 N–H and O–H groups in total. The fourth-order valence-electron chi connectivity index (χ4n) is 6.77. The number of fused-ring (bicyclic) bond motifs is 2. The van der Waals surface area contributed by atoms with Crippen LogP contribution in [0.3, 0.4) is 0 Å². The van der Waals surface area contributed by atoms with Crippen molar-refractivity contribution >= 4 is 21.5 Å². The van der Waals surface area contributed by atoms with E-state index in [9.17, 15) is 0 Å². The van der Waals surface area contributed by atoms with Gasteiger partial charge in [-0.25, -0.2) is 0 Å². The van der Waals surface area contributed by atoms with Crippen LogP contribution in [0.4, 0.5) is 0 Å². The number of benzene rings is 8. The van der Waals surface area contributed by atoms with Crippen molar-refractivity contribution in [3.05, 3.63) is 181 Å². The number of hydrogen-bond acceptors (Lipinski definition) is 0. The van der Waals surface area contributed by atoms with Crippen LogP contribution in [0.2, 0.25) is 0 Å². The molecule has 0 bridgehead atoms. The Morgan fingerprint density at radius 2 is 0.600 bits per heavy atom. The Kier molecular flexibility index (Phi) is 6.81. The highest BCUT2D eigenvalue weighted by atomic mass is 14.2. The quantitative estimate of drug-likeness (QED) is 0.180. The van der Waals surface area contributed by atoms with Gasteiger partial charge in [0.15, 0.2) is 0 Å². The maximum Gasteiger partial charge on any atom is -0.00262 e. The van der Waals surface area contributed by atoms with Crippen LogP contribution in [0.25, 0.3) is 77.2 Å². The highest BCUT2D eigenvalue weighted by molar-refractivity contribution is 6.21. The lowest BCUT2D eigenvalue weighted by atomic mass is 9.85. The summed E-state index contributed by atoms with van der Waals surface area (Å²) in [5.74, 6) is 0. The molecule has 0 atom stereocenters. The molecular formula is C45H32. The smallest absolute Gasteiger partial charge is 0.00262 e. The first kappa shape index (κ1) is 26.9. The predicted molar refractivity (Wildman–Crippen MR) is 193 cm³/mol. The summed E-state index contributed by atoms with van der Waals surface area (Å²) in [4.78, 5) is 0. The molecule has 0 saturated heterocycles. The van der Waals surface area contributed by atoms with Crippen molar-refractivity contribution in [2.75, 3.05) is 0 Å². The minimum absolute atomic E-state index is 1.21. The summed E-state index contributed by atoms with van der Waals surface area (Å²) >= 11 is 0. The van der Waals surface area contributed by atoms with Crippen molar-refractivity contribution in [2.24, 2.45) is 0 Å². The van der Waals surface area contributed by atoms with Crippen molar-refractivity contribution in [1.82, 2.24) is 0 Å². The monoisotopic (exact) mass is 572 g/mol. The number of rotatable bonds is 5. The topological polar surface area (TPSA) is 0 Å². The summed E-state index contributed by atoms with van der Waals surface area (Å²) in [6.45, 7) is 2.14. The molecule has 0 saturated carbocycles. The van der Waals surface area contributed by atoms with Gasteiger partial charge in [-0.3, -0.25) is 0 Å². The van der Waals surface area contributed by atoms with Crippen LogP contribution in [-0.4, -0.2) is 0 Å². The van der Waals surface area contributed by atoms with Gasteiger partial charge >= 0.3 is 0 Å². The molecule has 0 heteroatoms. The Morgan fingerprint density at radius 1 is 0.244 bits per heavy atom. The minimum Gasteiger partial charge on any atom is -0.0622 e. The third kappa shape index (κ3) is 5.01. The molecule has 0 radical (unpaired) electrons. The second kappa shape index (κ2) is 11.4. The molecular weight excluding hydrogens is 540 g/mol. The first-order chi connectivity index (χ1) is 22.2. The predicted octanol–water partition coefficient (Wildman–Crippen LogP) is 12.6. The van der Waals surface area contributed by atoms with Crippen molar-refractivity contribution in [3.8, 4) is 55.6 Å². The molecule has 0 aliphatic carbocycles. The molecule has 8 aromatic carbocycles. The largest absolute Gasteiger partial charge is 0.0622 e. The highest BCUT2D eigenvalue weighted by Gasteiger charge is 2.16. The molecule has 0 nitrogen and oxygen atoms in total. The summed E-state index contributed by atoms with van der Waals surface area (Å²) in [7, 11) is 0. The zero-order chi connectivity index (χ0) is 30.2. The Labute approximate surface area is 264 Å². The lowest BCUT2D eigenvalue weighted by Crippen LogP contribution is -1.91. The SMILES string of the molecule is Cc1cccc(-c2ccc(-c3cccc(-c4cccc(-c5c6ccccc6c(-c6ccccc6)c6ccccc56)c4)c3)cc2)c1. The van der Waals surface area contributed by atoms with E-state index < -0.39 is 0 Å². The zero-order valence-corrected chi connectivity index (χ0v) is 25.2. The van der Waals surface area contributed by atoms with Gasteiger partial charge in [-0.2, -0.15) is 0 Å². The molecule has 0 aliphatic heterocycles. The summed E-state index contributed by atoms with van der Waals surface area (Å²) < 4.78 is 0. The van der Waals surface area contributed by atoms with Crippen molar-refractivity contribution in [3.63, 3.8) is 0 Å². The molecule has 212 valence electrons. The second-order valence-electron chi connectivity index (χ2n) is 11.8. The van der Waals surface area contributed by atoms with Gasteiger partial charge in [-0.1, -0.05) is 169 Å². The maximum atomic E-state index is 2.36. The van der Waals surface area contributed by atoms with Crippen LogP contribution in [0.15, 0.2) is 176 Å². The van der Waals surface area contributed by atoms with E-state index in [1.807, 2.05) is 0 Å². The van der Waals surface area contributed by atoms with Crippen molar-refractivity contribution in [2.45, 2.75) is 6.92 Å². The number of hydrogen-bond donors (Lipinski definition) is 0. The normalized spacial score (nSPS) is 11.2. The van der Waals surface area contributed by atoms with Gasteiger partial charge in [-0.05, 0) is 96.2 Å². The molecule has 0 amide bonds. The van der Waals surface area contributed by atoms with Crippen LogP contribution < -0.4 is 0 Å². The molecule has 0 spiro atoms. The summed E-state index contributed by atoms with van der Waals surface area (Å²) in [5, 5.41) is 5.10. The molecule has 0 aromatic heterocycles. The molecule has 45 heavy (non-hydrogen) atoms. The first-order valence-electron chi connectivity index (χ1n) is 15.6. The fourth-order valence-corrected chi connectivity index (χ4v) is 6.77. The Morgan fingerprint density at radius 3 is 1.11 bits per heavy atom. The van der Waals surface area contributed by atoms with Gasteiger partial charge in [0, 0.05) is 0 Å². The average Bonchev–Trinajstić information content (AvgIpc) is 3.11. The van der Waals surface area contributed by atoms with Crippen LogP contribution in [-0.2, 0) is 0 Å². The molecule has 8 aromatic rings. The van der Waals surface area contributed by atoms with E-state index >= 15 is 0 Å². The number of aryl methyl sites for hydroxylation is 1. The second-order valence-corrected chi connectivity index (χ2v) is 11.8. The van der Waals surface area contributed by atoms with Gasteiger partial charge in [0.2, 0.25) is 0 Å². The molecule has 0 heterocycles. The molecule has 0 unspecified atom stereocenters. The zero-order valence-electron chi connectivity index (χ0n) is 25.2. The van der Waals surface area contributed by atoms with E-state index in [0.29, 0.717) is 0 Å². The van der Waals surface area contributed by atoms with E-state index in [4.69, 9.17) is 0 Å². The first-order valence-corrected chi connectivity index (χ1v) is 15.6. The molecule has 0 fully saturated rings. The minimum atomic E-state index is 1.21. The van der Waals surface area contributed by atoms with Crippen LogP contribution in [0, 0.1) is 6.92 Å². The summed E-state index contributed by atoms with van der Waals surface area (Å²) in [6.07, 6.45) is 0. The van der Waals surface area contributed by atoms with Gasteiger partial charge in [-0.15, -0.1) is 0 Å². The Bertz CT molecular complexity index is 2250. The van der Waals surface area contributed by atoms with E-state index in [0.717, 1.165) is 0 Å². The van der Waals surface area contributed by atoms with Gasteiger partial charge in [0.05, 0.1) is 0 Å².